The van der Waals surface area contributed by atoms with E-state index in [0.29, 0.717) is 5.92 Å². The van der Waals surface area contributed by atoms with Crippen LogP contribution in [-0.4, -0.2) is 46.1 Å². The second-order valence-corrected chi connectivity index (χ2v) is 7.05. The summed E-state index contributed by atoms with van der Waals surface area (Å²) < 4.78 is 5.44. The van der Waals surface area contributed by atoms with E-state index in [1.54, 1.807) is 11.3 Å². The highest BCUT2D eigenvalue weighted by molar-refractivity contribution is 7.07. The Kier molecular flexibility index (Phi) is 4.90. The third kappa shape index (κ3) is 3.56. The average Bonchev–Trinajstić information content (AvgIpc) is 3.18. The summed E-state index contributed by atoms with van der Waals surface area (Å²) >= 11 is 1.77. The Morgan fingerprint density at radius 3 is 2.59 bits per heavy atom. The molecule has 1 fully saturated rings. The molecule has 0 radical (unpaired) electrons. The van der Waals surface area contributed by atoms with Crippen molar-refractivity contribution in [3.05, 3.63) is 34.1 Å². The van der Waals surface area contributed by atoms with Crippen molar-refractivity contribution in [2.45, 2.75) is 39.3 Å². The standard InChI is InChI=1S/C16H24N4OS/c1-12(2)15-17-16(21-18-15)13(3)20-7-5-19(6-8-20)10-14-4-9-22-11-14/h4,9,11-13H,5-8,10H2,1-3H3/t13-/m1/s1. The lowest BCUT2D eigenvalue weighted by atomic mass is 10.2. The molecule has 0 unspecified atom stereocenters. The van der Waals surface area contributed by atoms with Crippen molar-refractivity contribution in [1.82, 2.24) is 19.9 Å². The molecule has 6 heteroatoms. The normalized spacial score (nSPS) is 18.9. The van der Waals surface area contributed by atoms with Gasteiger partial charge in [-0.3, -0.25) is 9.80 Å². The molecule has 2 aromatic heterocycles. The lowest BCUT2D eigenvalue weighted by molar-refractivity contribution is 0.0846. The van der Waals surface area contributed by atoms with E-state index in [1.807, 2.05) is 0 Å². The number of thiophene rings is 1. The highest BCUT2D eigenvalue weighted by Gasteiger charge is 2.26. The van der Waals surface area contributed by atoms with Crippen LogP contribution in [0.2, 0.25) is 0 Å². The Morgan fingerprint density at radius 1 is 1.23 bits per heavy atom. The smallest absolute Gasteiger partial charge is 0.243 e. The fraction of sp³-hybridized carbons (Fsp3) is 0.625. The maximum atomic E-state index is 5.44. The van der Waals surface area contributed by atoms with Gasteiger partial charge in [-0.25, -0.2) is 0 Å². The summed E-state index contributed by atoms with van der Waals surface area (Å²) in [6.07, 6.45) is 0. The van der Waals surface area contributed by atoms with Crippen LogP contribution in [0.4, 0.5) is 0 Å². The van der Waals surface area contributed by atoms with Crippen molar-refractivity contribution in [3.8, 4) is 0 Å². The zero-order valence-electron chi connectivity index (χ0n) is 13.5. The summed E-state index contributed by atoms with van der Waals surface area (Å²) in [6.45, 7) is 11.7. The number of piperazine rings is 1. The molecule has 0 aliphatic carbocycles. The molecule has 0 aromatic carbocycles. The van der Waals surface area contributed by atoms with Gasteiger partial charge in [0.2, 0.25) is 5.89 Å². The molecule has 0 bridgehead atoms. The summed E-state index contributed by atoms with van der Waals surface area (Å²) in [5.41, 5.74) is 1.42. The first-order valence-electron chi connectivity index (χ1n) is 7.94. The summed E-state index contributed by atoms with van der Waals surface area (Å²) in [6, 6.07) is 2.41. The van der Waals surface area contributed by atoms with Crippen LogP contribution in [-0.2, 0) is 6.54 Å². The van der Waals surface area contributed by atoms with Gasteiger partial charge in [-0.15, -0.1) is 0 Å². The molecule has 3 rings (SSSR count). The van der Waals surface area contributed by atoms with Crippen LogP contribution in [0.5, 0.6) is 0 Å². The van der Waals surface area contributed by atoms with E-state index in [1.165, 1.54) is 5.56 Å². The molecule has 0 saturated carbocycles. The van der Waals surface area contributed by atoms with Crippen molar-refractivity contribution in [2.24, 2.45) is 0 Å². The molecule has 1 aliphatic heterocycles. The fourth-order valence-corrected chi connectivity index (χ4v) is 3.42. The van der Waals surface area contributed by atoms with E-state index >= 15 is 0 Å². The van der Waals surface area contributed by atoms with Crippen molar-refractivity contribution in [2.75, 3.05) is 26.2 Å². The molecule has 2 aromatic rings. The second kappa shape index (κ2) is 6.89. The van der Waals surface area contributed by atoms with Crippen LogP contribution in [0.25, 0.3) is 0 Å². The minimum atomic E-state index is 0.197. The van der Waals surface area contributed by atoms with E-state index in [0.717, 1.165) is 44.4 Å². The third-order valence-electron chi connectivity index (χ3n) is 4.27. The first-order valence-corrected chi connectivity index (χ1v) is 8.88. The summed E-state index contributed by atoms with van der Waals surface area (Å²) in [7, 11) is 0. The number of aromatic nitrogens is 2. The minimum absolute atomic E-state index is 0.197. The number of nitrogens with zero attached hydrogens (tertiary/aromatic N) is 4. The first-order chi connectivity index (χ1) is 10.6. The van der Waals surface area contributed by atoms with Gasteiger partial charge in [0.25, 0.3) is 0 Å². The molecule has 22 heavy (non-hydrogen) atoms. The maximum absolute atomic E-state index is 5.44. The maximum Gasteiger partial charge on any atom is 0.243 e. The van der Waals surface area contributed by atoms with Gasteiger partial charge in [0.05, 0.1) is 6.04 Å². The van der Waals surface area contributed by atoms with Gasteiger partial charge in [-0.05, 0) is 29.3 Å². The highest BCUT2D eigenvalue weighted by atomic mass is 32.1. The number of rotatable bonds is 5. The largest absolute Gasteiger partial charge is 0.338 e. The van der Waals surface area contributed by atoms with Crippen molar-refractivity contribution in [1.29, 1.82) is 0 Å². The Balaban J connectivity index is 1.53. The fourth-order valence-electron chi connectivity index (χ4n) is 2.76. The predicted octanol–water partition coefficient (Wildman–Crippen LogP) is 3.13. The van der Waals surface area contributed by atoms with Gasteiger partial charge in [-0.1, -0.05) is 19.0 Å². The molecular formula is C16H24N4OS. The first kappa shape index (κ1) is 15.6. The monoisotopic (exact) mass is 320 g/mol. The number of hydrogen-bond donors (Lipinski definition) is 0. The molecule has 1 saturated heterocycles. The number of hydrogen-bond acceptors (Lipinski definition) is 6. The molecule has 5 nitrogen and oxygen atoms in total. The van der Waals surface area contributed by atoms with E-state index in [9.17, 15) is 0 Å². The van der Waals surface area contributed by atoms with Crippen LogP contribution in [0.1, 0.15) is 50.0 Å². The molecule has 1 atom stereocenters. The molecule has 1 aliphatic rings. The minimum Gasteiger partial charge on any atom is -0.338 e. The molecule has 120 valence electrons. The van der Waals surface area contributed by atoms with Crippen molar-refractivity contribution < 1.29 is 4.52 Å². The van der Waals surface area contributed by atoms with E-state index in [2.05, 4.69) is 57.5 Å². The molecular weight excluding hydrogens is 296 g/mol. The average molecular weight is 320 g/mol. The second-order valence-electron chi connectivity index (χ2n) is 6.27. The SMILES string of the molecule is CC(C)c1noc([C@@H](C)N2CCN(Cc3ccsc3)CC2)n1. The van der Waals surface area contributed by atoms with Crippen molar-refractivity contribution >= 4 is 11.3 Å². The molecule has 0 amide bonds. The lowest BCUT2D eigenvalue weighted by Crippen LogP contribution is -2.46. The Hall–Kier alpha value is -1.24. The third-order valence-corrected chi connectivity index (χ3v) is 5.00. The molecule has 0 N–H and O–H groups in total. The van der Waals surface area contributed by atoms with E-state index in [-0.39, 0.29) is 6.04 Å². The zero-order valence-corrected chi connectivity index (χ0v) is 14.3. The van der Waals surface area contributed by atoms with Gasteiger partial charge in [0.15, 0.2) is 5.82 Å². The Bertz CT molecular complexity index is 573. The van der Waals surface area contributed by atoms with Crippen LogP contribution in [0.3, 0.4) is 0 Å². The van der Waals surface area contributed by atoms with E-state index in [4.69, 9.17) is 4.52 Å². The van der Waals surface area contributed by atoms with Crippen molar-refractivity contribution in [3.63, 3.8) is 0 Å². The van der Waals surface area contributed by atoms with Crippen LogP contribution >= 0.6 is 11.3 Å². The van der Waals surface area contributed by atoms with E-state index < -0.39 is 0 Å². The van der Waals surface area contributed by atoms with Gasteiger partial charge < -0.3 is 4.52 Å². The van der Waals surface area contributed by atoms with Gasteiger partial charge in [-0.2, -0.15) is 16.3 Å². The van der Waals surface area contributed by atoms with Crippen LogP contribution in [0, 0.1) is 0 Å². The van der Waals surface area contributed by atoms with Gasteiger partial charge in [0, 0.05) is 38.6 Å². The topological polar surface area (TPSA) is 45.4 Å². The quantitative estimate of drug-likeness (QED) is 0.847. The van der Waals surface area contributed by atoms with Gasteiger partial charge >= 0.3 is 0 Å². The summed E-state index contributed by atoms with van der Waals surface area (Å²) in [4.78, 5) is 9.48. The van der Waals surface area contributed by atoms with Gasteiger partial charge in [0.1, 0.15) is 0 Å². The zero-order chi connectivity index (χ0) is 15.5. The predicted molar refractivity (Wildman–Crippen MR) is 88.0 cm³/mol. The summed E-state index contributed by atoms with van der Waals surface area (Å²) in [5.74, 6) is 1.86. The lowest BCUT2D eigenvalue weighted by Gasteiger charge is -2.36. The highest BCUT2D eigenvalue weighted by Crippen LogP contribution is 2.22. The molecule has 0 spiro atoms. The van der Waals surface area contributed by atoms with Crippen LogP contribution < -0.4 is 0 Å². The van der Waals surface area contributed by atoms with Crippen LogP contribution in [0.15, 0.2) is 21.3 Å². The molecule has 3 heterocycles. The Morgan fingerprint density at radius 2 is 2.00 bits per heavy atom. The summed E-state index contributed by atoms with van der Waals surface area (Å²) in [5, 5.41) is 8.46. The Labute approximate surface area is 135 Å².